The number of halogens is 1. The normalized spacial score (nSPS) is 10.3. The Morgan fingerprint density at radius 3 is 2.73 bits per heavy atom. The second kappa shape index (κ2) is 7.85. The third-order valence-corrected chi connectivity index (χ3v) is 3.67. The molecular formula is C18H20ClNO2. The lowest BCUT2D eigenvalue weighted by Crippen LogP contribution is -2.12. The zero-order chi connectivity index (χ0) is 15.9. The molecule has 0 spiro atoms. The van der Waals surface area contributed by atoms with Crippen LogP contribution in [0.3, 0.4) is 0 Å². The number of amides is 1. The third kappa shape index (κ3) is 5.08. The monoisotopic (exact) mass is 317 g/mol. The minimum absolute atomic E-state index is 0.0345. The number of anilines is 1. The van der Waals surface area contributed by atoms with Crippen LogP contribution < -0.4 is 10.1 Å². The van der Waals surface area contributed by atoms with Crippen molar-refractivity contribution in [3.63, 3.8) is 0 Å². The molecule has 1 N–H and O–H groups in total. The summed E-state index contributed by atoms with van der Waals surface area (Å²) in [6.07, 6.45) is 1.08. The first-order valence-electron chi connectivity index (χ1n) is 7.30. The minimum atomic E-state index is -0.0345. The summed E-state index contributed by atoms with van der Waals surface area (Å²) in [6, 6.07) is 13.4. The molecule has 0 unspecified atom stereocenters. The van der Waals surface area contributed by atoms with Crippen molar-refractivity contribution < 1.29 is 9.53 Å². The summed E-state index contributed by atoms with van der Waals surface area (Å²) < 4.78 is 5.62. The van der Waals surface area contributed by atoms with E-state index >= 15 is 0 Å². The van der Waals surface area contributed by atoms with Gasteiger partial charge in [0, 0.05) is 17.1 Å². The summed E-state index contributed by atoms with van der Waals surface area (Å²) in [5, 5.41) is 3.49. The lowest BCUT2D eigenvalue weighted by molar-refractivity contribution is -0.116. The molecule has 2 aromatic carbocycles. The van der Waals surface area contributed by atoms with Crippen LogP contribution in [-0.2, 0) is 4.79 Å². The van der Waals surface area contributed by atoms with E-state index in [2.05, 4.69) is 5.32 Å². The van der Waals surface area contributed by atoms with Crippen LogP contribution in [0.25, 0.3) is 0 Å². The van der Waals surface area contributed by atoms with Gasteiger partial charge in [-0.1, -0.05) is 29.8 Å². The fourth-order valence-corrected chi connectivity index (χ4v) is 2.20. The second-order valence-electron chi connectivity index (χ2n) is 5.28. The average molecular weight is 318 g/mol. The standard InChI is InChI=1S/C18H20ClNO2/c1-13-5-3-6-16(11-13)22-10-4-7-18(21)20-15-9-8-14(2)17(19)12-15/h3,5-6,8-9,11-12H,4,7,10H2,1-2H3,(H,20,21). The van der Waals surface area contributed by atoms with Gasteiger partial charge in [-0.25, -0.2) is 0 Å². The molecule has 116 valence electrons. The SMILES string of the molecule is Cc1cccc(OCCCC(=O)Nc2ccc(C)c(Cl)c2)c1. The van der Waals surface area contributed by atoms with E-state index in [1.165, 1.54) is 0 Å². The van der Waals surface area contributed by atoms with Crippen LogP contribution in [0.1, 0.15) is 24.0 Å². The topological polar surface area (TPSA) is 38.3 Å². The van der Waals surface area contributed by atoms with Crippen molar-refractivity contribution in [2.24, 2.45) is 0 Å². The molecule has 0 saturated heterocycles. The summed E-state index contributed by atoms with van der Waals surface area (Å²) in [4.78, 5) is 11.9. The van der Waals surface area contributed by atoms with E-state index in [1.807, 2.05) is 50.2 Å². The van der Waals surface area contributed by atoms with Crippen LogP contribution in [0.15, 0.2) is 42.5 Å². The Balaban J connectivity index is 1.72. The van der Waals surface area contributed by atoms with Gasteiger partial charge in [-0.3, -0.25) is 4.79 Å². The maximum Gasteiger partial charge on any atom is 0.224 e. The van der Waals surface area contributed by atoms with Crippen molar-refractivity contribution >= 4 is 23.2 Å². The maximum absolute atomic E-state index is 11.9. The van der Waals surface area contributed by atoms with Crippen molar-refractivity contribution in [2.45, 2.75) is 26.7 Å². The molecule has 0 aromatic heterocycles. The Kier molecular flexibility index (Phi) is 5.84. The van der Waals surface area contributed by atoms with E-state index < -0.39 is 0 Å². The largest absolute Gasteiger partial charge is 0.494 e. The number of carbonyl (C=O) groups is 1. The van der Waals surface area contributed by atoms with Crippen LogP contribution in [0.5, 0.6) is 5.75 Å². The molecule has 1 amide bonds. The van der Waals surface area contributed by atoms with Crippen LogP contribution in [0.2, 0.25) is 5.02 Å². The highest BCUT2D eigenvalue weighted by Gasteiger charge is 2.04. The van der Waals surface area contributed by atoms with Crippen LogP contribution in [0.4, 0.5) is 5.69 Å². The van der Waals surface area contributed by atoms with Crippen LogP contribution in [-0.4, -0.2) is 12.5 Å². The molecule has 22 heavy (non-hydrogen) atoms. The van der Waals surface area contributed by atoms with Gasteiger partial charge in [0.2, 0.25) is 5.91 Å². The molecule has 4 heteroatoms. The van der Waals surface area contributed by atoms with Gasteiger partial charge in [0.1, 0.15) is 5.75 Å². The number of aryl methyl sites for hydroxylation is 2. The summed E-state index contributed by atoms with van der Waals surface area (Å²) in [7, 11) is 0. The van der Waals surface area contributed by atoms with Crippen molar-refractivity contribution in [1.82, 2.24) is 0 Å². The molecule has 0 aliphatic heterocycles. The van der Waals surface area contributed by atoms with Gasteiger partial charge >= 0.3 is 0 Å². The zero-order valence-corrected chi connectivity index (χ0v) is 13.6. The summed E-state index contributed by atoms with van der Waals surface area (Å²) in [6.45, 7) is 4.47. The van der Waals surface area contributed by atoms with Crippen molar-refractivity contribution in [3.05, 3.63) is 58.6 Å². The molecule has 2 rings (SSSR count). The number of hydrogen-bond acceptors (Lipinski definition) is 2. The molecule has 0 atom stereocenters. The molecule has 0 bridgehead atoms. The predicted octanol–water partition coefficient (Wildman–Crippen LogP) is 4.75. The lowest BCUT2D eigenvalue weighted by atomic mass is 10.2. The summed E-state index contributed by atoms with van der Waals surface area (Å²) in [5.74, 6) is 0.804. The van der Waals surface area contributed by atoms with Gasteiger partial charge in [-0.05, 0) is 55.7 Å². The maximum atomic E-state index is 11.9. The Morgan fingerprint density at radius 2 is 2.00 bits per heavy atom. The summed E-state index contributed by atoms with van der Waals surface area (Å²) in [5.41, 5.74) is 2.87. The van der Waals surface area contributed by atoms with E-state index in [9.17, 15) is 4.79 Å². The van der Waals surface area contributed by atoms with E-state index in [0.29, 0.717) is 24.5 Å². The molecule has 2 aromatic rings. The molecule has 0 radical (unpaired) electrons. The Bertz CT molecular complexity index is 655. The van der Waals surface area contributed by atoms with Gasteiger partial charge in [-0.15, -0.1) is 0 Å². The molecule has 0 aliphatic rings. The van der Waals surface area contributed by atoms with E-state index in [-0.39, 0.29) is 5.91 Å². The second-order valence-corrected chi connectivity index (χ2v) is 5.69. The van der Waals surface area contributed by atoms with E-state index in [4.69, 9.17) is 16.3 Å². The Morgan fingerprint density at radius 1 is 1.18 bits per heavy atom. The highest BCUT2D eigenvalue weighted by atomic mass is 35.5. The number of benzene rings is 2. The van der Waals surface area contributed by atoms with Crippen molar-refractivity contribution in [3.8, 4) is 5.75 Å². The van der Waals surface area contributed by atoms with Gasteiger partial charge < -0.3 is 10.1 Å². The number of hydrogen-bond donors (Lipinski definition) is 1. The number of carbonyl (C=O) groups excluding carboxylic acids is 1. The van der Waals surface area contributed by atoms with Gasteiger partial charge in [0.25, 0.3) is 0 Å². The quantitative estimate of drug-likeness (QED) is 0.780. The lowest BCUT2D eigenvalue weighted by Gasteiger charge is -2.08. The average Bonchev–Trinajstić information content (AvgIpc) is 2.48. The Hall–Kier alpha value is -2.00. The van der Waals surface area contributed by atoms with E-state index in [1.54, 1.807) is 6.07 Å². The zero-order valence-electron chi connectivity index (χ0n) is 12.9. The predicted molar refractivity (Wildman–Crippen MR) is 90.7 cm³/mol. The fourth-order valence-electron chi connectivity index (χ4n) is 2.02. The van der Waals surface area contributed by atoms with Crippen LogP contribution >= 0.6 is 11.6 Å². The number of nitrogens with one attached hydrogen (secondary N) is 1. The summed E-state index contributed by atoms with van der Waals surface area (Å²) >= 11 is 6.03. The first-order valence-corrected chi connectivity index (χ1v) is 7.68. The molecule has 0 heterocycles. The van der Waals surface area contributed by atoms with Gasteiger partial charge in [0.15, 0.2) is 0 Å². The van der Waals surface area contributed by atoms with E-state index in [0.717, 1.165) is 22.6 Å². The first-order chi connectivity index (χ1) is 10.5. The molecule has 0 fully saturated rings. The minimum Gasteiger partial charge on any atom is -0.494 e. The van der Waals surface area contributed by atoms with Gasteiger partial charge in [0.05, 0.1) is 6.61 Å². The third-order valence-electron chi connectivity index (χ3n) is 3.26. The molecule has 0 saturated carbocycles. The molecular weight excluding hydrogens is 298 g/mol. The first kappa shape index (κ1) is 16.4. The molecule has 0 aliphatic carbocycles. The fraction of sp³-hybridized carbons (Fsp3) is 0.278. The number of ether oxygens (including phenoxy) is 1. The van der Waals surface area contributed by atoms with Crippen molar-refractivity contribution in [1.29, 1.82) is 0 Å². The Labute approximate surface area is 136 Å². The molecule has 3 nitrogen and oxygen atoms in total. The number of rotatable bonds is 6. The van der Waals surface area contributed by atoms with Crippen LogP contribution in [0, 0.1) is 13.8 Å². The van der Waals surface area contributed by atoms with Gasteiger partial charge in [-0.2, -0.15) is 0 Å². The smallest absolute Gasteiger partial charge is 0.224 e. The van der Waals surface area contributed by atoms with Crippen molar-refractivity contribution in [2.75, 3.05) is 11.9 Å². The highest BCUT2D eigenvalue weighted by molar-refractivity contribution is 6.31. The highest BCUT2D eigenvalue weighted by Crippen LogP contribution is 2.20.